The second kappa shape index (κ2) is 4.40. The first-order chi connectivity index (χ1) is 8.09. The molecule has 0 radical (unpaired) electrons. The molecule has 1 aromatic rings. The number of halogens is 1. The quantitative estimate of drug-likeness (QED) is 0.855. The molecule has 1 saturated heterocycles. The number of nitrogens with zero attached hydrogens (tertiary/aromatic N) is 1. The summed E-state index contributed by atoms with van der Waals surface area (Å²) in [5.41, 5.74) is -0.0903. The lowest BCUT2D eigenvalue weighted by atomic mass is 10.1. The SMILES string of the molecule is O=C(O)c1cc(F)ccc1N1CCCOC1=O. The summed E-state index contributed by atoms with van der Waals surface area (Å²) >= 11 is 0. The van der Waals surface area contributed by atoms with E-state index in [0.29, 0.717) is 19.6 Å². The summed E-state index contributed by atoms with van der Waals surface area (Å²) in [4.78, 5) is 23.7. The maximum absolute atomic E-state index is 13.0. The second-order valence-corrected chi connectivity index (χ2v) is 3.59. The van der Waals surface area contributed by atoms with Crippen LogP contribution in [0.3, 0.4) is 0 Å². The highest BCUT2D eigenvalue weighted by atomic mass is 19.1. The van der Waals surface area contributed by atoms with E-state index in [1.807, 2.05) is 0 Å². The zero-order valence-electron chi connectivity index (χ0n) is 8.85. The Labute approximate surface area is 96.4 Å². The molecule has 1 amide bonds. The Bertz CT molecular complexity index is 475. The van der Waals surface area contributed by atoms with Gasteiger partial charge in [0.25, 0.3) is 0 Å². The van der Waals surface area contributed by atoms with Crippen LogP contribution in [0.2, 0.25) is 0 Å². The molecule has 0 aliphatic carbocycles. The molecule has 90 valence electrons. The van der Waals surface area contributed by atoms with Gasteiger partial charge in [-0.25, -0.2) is 14.0 Å². The molecular weight excluding hydrogens is 229 g/mol. The predicted molar refractivity (Wildman–Crippen MR) is 56.7 cm³/mol. The minimum Gasteiger partial charge on any atom is -0.478 e. The molecule has 5 nitrogen and oxygen atoms in total. The maximum atomic E-state index is 13.0. The van der Waals surface area contributed by atoms with Gasteiger partial charge in [-0.2, -0.15) is 0 Å². The average molecular weight is 239 g/mol. The molecule has 0 unspecified atom stereocenters. The number of amides is 1. The molecule has 1 fully saturated rings. The molecule has 6 heteroatoms. The summed E-state index contributed by atoms with van der Waals surface area (Å²) in [7, 11) is 0. The van der Waals surface area contributed by atoms with E-state index in [-0.39, 0.29) is 11.3 Å². The van der Waals surface area contributed by atoms with Crippen LogP contribution >= 0.6 is 0 Å². The molecule has 0 saturated carbocycles. The van der Waals surface area contributed by atoms with E-state index in [4.69, 9.17) is 9.84 Å². The van der Waals surface area contributed by atoms with Crippen molar-refractivity contribution in [2.45, 2.75) is 6.42 Å². The highest BCUT2D eigenvalue weighted by Crippen LogP contribution is 2.24. The molecular formula is C11H10FNO4. The van der Waals surface area contributed by atoms with Gasteiger partial charge in [0, 0.05) is 6.54 Å². The van der Waals surface area contributed by atoms with Crippen LogP contribution in [-0.4, -0.2) is 30.3 Å². The van der Waals surface area contributed by atoms with Crippen LogP contribution in [0.15, 0.2) is 18.2 Å². The second-order valence-electron chi connectivity index (χ2n) is 3.59. The molecule has 0 aromatic heterocycles. The maximum Gasteiger partial charge on any atom is 0.414 e. The van der Waals surface area contributed by atoms with Crippen molar-refractivity contribution in [1.29, 1.82) is 0 Å². The van der Waals surface area contributed by atoms with Crippen LogP contribution in [0.25, 0.3) is 0 Å². The number of cyclic esters (lactones) is 1. The molecule has 1 aliphatic rings. The zero-order valence-corrected chi connectivity index (χ0v) is 8.85. The van der Waals surface area contributed by atoms with Crippen LogP contribution < -0.4 is 4.90 Å². The van der Waals surface area contributed by atoms with Crippen LogP contribution in [0, 0.1) is 5.82 Å². The summed E-state index contributed by atoms with van der Waals surface area (Å²) in [5, 5.41) is 8.96. The van der Waals surface area contributed by atoms with Gasteiger partial charge in [-0.1, -0.05) is 0 Å². The number of carboxylic acid groups (broad SMARTS) is 1. The number of aromatic carboxylic acids is 1. The van der Waals surface area contributed by atoms with E-state index < -0.39 is 17.9 Å². The minimum atomic E-state index is -1.28. The topological polar surface area (TPSA) is 66.8 Å². The van der Waals surface area contributed by atoms with Crippen molar-refractivity contribution in [3.63, 3.8) is 0 Å². The lowest BCUT2D eigenvalue weighted by Crippen LogP contribution is -2.38. The largest absolute Gasteiger partial charge is 0.478 e. The van der Waals surface area contributed by atoms with Gasteiger partial charge in [0.2, 0.25) is 0 Å². The highest BCUT2D eigenvalue weighted by molar-refractivity contribution is 6.00. The van der Waals surface area contributed by atoms with Gasteiger partial charge in [-0.3, -0.25) is 4.90 Å². The molecule has 2 rings (SSSR count). The summed E-state index contributed by atoms with van der Waals surface area (Å²) in [6.07, 6.45) is 0.00712. The number of hydrogen-bond donors (Lipinski definition) is 1. The van der Waals surface area contributed by atoms with Gasteiger partial charge in [0.1, 0.15) is 5.82 Å². The van der Waals surface area contributed by atoms with Crippen molar-refractivity contribution >= 4 is 17.7 Å². The monoisotopic (exact) mass is 239 g/mol. The minimum absolute atomic E-state index is 0.156. The van der Waals surface area contributed by atoms with Gasteiger partial charge in [0.05, 0.1) is 17.9 Å². The molecule has 0 spiro atoms. The Morgan fingerprint density at radius 2 is 2.24 bits per heavy atom. The third-order valence-electron chi connectivity index (χ3n) is 2.45. The van der Waals surface area contributed by atoms with Crippen LogP contribution in [0.1, 0.15) is 16.8 Å². The molecule has 1 aliphatic heterocycles. The van der Waals surface area contributed by atoms with Gasteiger partial charge >= 0.3 is 12.1 Å². The number of carbonyl (C=O) groups is 2. The van der Waals surface area contributed by atoms with Crippen molar-refractivity contribution in [3.05, 3.63) is 29.6 Å². The predicted octanol–water partition coefficient (Wildman–Crippen LogP) is 1.87. The number of ether oxygens (including phenoxy) is 1. The fourth-order valence-corrected chi connectivity index (χ4v) is 1.69. The van der Waals surface area contributed by atoms with E-state index in [2.05, 4.69) is 0 Å². The van der Waals surface area contributed by atoms with E-state index in [1.165, 1.54) is 11.0 Å². The summed E-state index contributed by atoms with van der Waals surface area (Å²) in [5.74, 6) is -1.94. The van der Waals surface area contributed by atoms with E-state index >= 15 is 0 Å². The number of anilines is 1. The zero-order chi connectivity index (χ0) is 12.4. The fourth-order valence-electron chi connectivity index (χ4n) is 1.69. The third-order valence-corrected chi connectivity index (χ3v) is 2.45. The van der Waals surface area contributed by atoms with Crippen molar-refractivity contribution in [1.82, 2.24) is 0 Å². The number of rotatable bonds is 2. The molecule has 0 bridgehead atoms. The number of carboxylic acids is 1. The number of carbonyl (C=O) groups excluding carboxylic acids is 1. The number of benzene rings is 1. The summed E-state index contributed by atoms with van der Waals surface area (Å²) in [6.45, 7) is 0.684. The van der Waals surface area contributed by atoms with Gasteiger partial charge in [-0.15, -0.1) is 0 Å². The van der Waals surface area contributed by atoms with Crippen molar-refractivity contribution in [2.75, 3.05) is 18.1 Å². The Morgan fingerprint density at radius 1 is 1.47 bits per heavy atom. The average Bonchev–Trinajstić information content (AvgIpc) is 2.30. The Hall–Kier alpha value is -2.11. The first-order valence-corrected chi connectivity index (χ1v) is 5.07. The van der Waals surface area contributed by atoms with Crippen molar-refractivity contribution in [3.8, 4) is 0 Å². The lowest BCUT2D eigenvalue weighted by molar-refractivity contribution is 0.0697. The van der Waals surface area contributed by atoms with Crippen LogP contribution in [0.5, 0.6) is 0 Å². The molecule has 17 heavy (non-hydrogen) atoms. The first-order valence-electron chi connectivity index (χ1n) is 5.07. The Kier molecular flexibility index (Phi) is 2.95. The number of hydrogen-bond acceptors (Lipinski definition) is 3. The Balaban J connectivity index is 2.43. The van der Waals surface area contributed by atoms with Gasteiger partial charge in [-0.05, 0) is 24.6 Å². The normalized spacial score (nSPS) is 15.6. The fraction of sp³-hybridized carbons (Fsp3) is 0.273. The van der Waals surface area contributed by atoms with Crippen molar-refractivity contribution < 1.29 is 23.8 Å². The van der Waals surface area contributed by atoms with E-state index in [0.717, 1.165) is 12.1 Å². The summed E-state index contributed by atoms with van der Waals surface area (Å²) < 4.78 is 17.8. The smallest absolute Gasteiger partial charge is 0.414 e. The van der Waals surface area contributed by atoms with Crippen LogP contribution in [0.4, 0.5) is 14.9 Å². The first kappa shape index (κ1) is 11.4. The lowest BCUT2D eigenvalue weighted by Gasteiger charge is -2.27. The molecule has 1 aromatic carbocycles. The molecule has 1 N–H and O–H groups in total. The van der Waals surface area contributed by atoms with Crippen molar-refractivity contribution in [2.24, 2.45) is 0 Å². The van der Waals surface area contributed by atoms with Gasteiger partial charge < -0.3 is 9.84 Å². The van der Waals surface area contributed by atoms with Crippen LogP contribution in [-0.2, 0) is 4.74 Å². The molecule has 1 heterocycles. The highest BCUT2D eigenvalue weighted by Gasteiger charge is 2.25. The standard InChI is InChI=1S/C11H10FNO4/c12-7-2-3-9(8(6-7)10(14)15)13-4-1-5-17-11(13)16/h2-3,6H,1,4-5H2,(H,14,15). The van der Waals surface area contributed by atoms with Gasteiger partial charge in [0.15, 0.2) is 0 Å². The Morgan fingerprint density at radius 3 is 2.88 bits per heavy atom. The van der Waals surface area contributed by atoms with E-state index in [9.17, 15) is 14.0 Å². The summed E-state index contributed by atoms with van der Waals surface area (Å²) in [6, 6.07) is 3.27. The van der Waals surface area contributed by atoms with E-state index in [1.54, 1.807) is 0 Å². The third kappa shape index (κ3) is 2.20. The molecule has 0 atom stereocenters.